The number of halogens is 3. The van der Waals surface area contributed by atoms with Crippen molar-refractivity contribution in [3.05, 3.63) is 51.9 Å². The van der Waals surface area contributed by atoms with Gasteiger partial charge < -0.3 is 10.3 Å². The van der Waals surface area contributed by atoms with Gasteiger partial charge in [0.05, 0.1) is 16.5 Å². The third-order valence-corrected chi connectivity index (χ3v) is 5.26. The fourth-order valence-electron chi connectivity index (χ4n) is 2.03. The van der Waals surface area contributed by atoms with Gasteiger partial charge in [-0.3, -0.25) is 9.59 Å². The van der Waals surface area contributed by atoms with Crippen LogP contribution >= 0.6 is 23.5 Å². The summed E-state index contributed by atoms with van der Waals surface area (Å²) in [5.41, 5.74) is -0.195. The van der Waals surface area contributed by atoms with Crippen LogP contribution in [0.15, 0.2) is 40.3 Å². The van der Waals surface area contributed by atoms with Crippen LogP contribution in [0.2, 0.25) is 0 Å². The molecule has 0 aliphatic rings. The van der Waals surface area contributed by atoms with Crippen molar-refractivity contribution in [1.29, 1.82) is 0 Å². The maximum atomic E-state index is 12.6. The van der Waals surface area contributed by atoms with Crippen LogP contribution in [0.3, 0.4) is 0 Å². The van der Waals surface area contributed by atoms with Crippen molar-refractivity contribution in [1.82, 2.24) is 9.97 Å². The quantitative estimate of drug-likeness (QED) is 0.523. The fourth-order valence-corrected chi connectivity index (χ4v) is 3.42. The lowest BCUT2D eigenvalue weighted by molar-refractivity contribution is -0.137. The number of amides is 1. The minimum absolute atomic E-state index is 0.259. The molecule has 0 bridgehead atoms. The normalized spacial score (nSPS) is 12.6. The summed E-state index contributed by atoms with van der Waals surface area (Å²) < 4.78 is 37.7. The van der Waals surface area contributed by atoms with Gasteiger partial charge in [0.2, 0.25) is 5.91 Å². The maximum absolute atomic E-state index is 12.6. The van der Waals surface area contributed by atoms with E-state index < -0.39 is 22.9 Å². The largest absolute Gasteiger partial charge is 0.416 e. The molecule has 0 radical (unpaired) electrons. The number of carbonyl (C=O) groups excluding carboxylic acids is 1. The van der Waals surface area contributed by atoms with E-state index in [0.717, 1.165) is 29.6 Å². The Bertz CT molecular complexity index is 839. The molecule has 2 aromatic rings. The summed E-state index contributed by atoms with van der Waals surface area (Å²) in [4.78, 5) is 30.9. The lowest BCUT2D eigenvalue weighted by Gasteiger charge is -2.13. The highest BCUT2D eigenvalue weighted by Gasteiger charge is 2.30. The Hall–Kier alpha value is -1.94. The first-order valence-corrected chi connectivity index (χ1v) is 10.0. The topological polar surface area (TPSA) is 74.8 Å². The van der Waals surface area contributed by atoms with E-state index >= 15 is 0 Å². The molecule has 1 amide bonds. The van der Waals surface area contributed by atoms with Crippen molar-refractivity contribution < 1.29 is 18.0 Å². The number of carbonyl (C=O) groups is 1. The van der Waals surface area contributed by atoms with Gasteiger partial charge in [0.1, 0.15) is 0 Å². The smallest absolute Gasteiger partial charge is 0.325 e. The fraction of sp³-hybridized carbons (Fsp3) is 0.353. The van der Waals surface area contributed by atoms with Crippen LogP contribution in [0.25, 0.3) is 0 Å². The van der Waals surface area contributed by atoms with Crippen LogP contribution in [0.4, 0.5) is 18.9 Å². The van der Waals surface area contributed by atoms with Gasteiger partial charge in [-0.25, -0.2) is 4.98 Å². The lowest BCUT2D eigenvalue weighted by Crippen LogP contribution is -2.23. The molecular weight excluding hydrogens is 399 g/mol. The Morgan fingerprint density at radius 3 is 2.56 bits per heavy atom. The summed E-state index contributed by atoms with van der Waals surface area (Å²) in [6.45, 7) is 3.62. The van der Waals surface area contributed by atoms with E-state index in [2.05, 4.69) is 15.3 Å². The van der Waals surface area contributed by atoms with E-state index in [1.54, 1.807) is 18.7 Å². The van der Waals surface area contributed by atoms with Gasteiger partial charge >= 0.3 is 6.18 Å². The van der Waals surface area contributed by atoms with Gasteiger partial charge in [-0.05, 0) is 36.9 Å². The van der Waals surface area contributed by atoms with E-state index in [1.165, 1.54) is 18.2 Å². The number of benzene rings is 1. The average molecular weight is 417 g/mol. The van der Waals surface area contributed by atoms with Gasteiger partial charge in [-0.1, -0.05) is 18.7 Å². The number of thioether (sulfide) groups is 2. The van der Waals surface area contributed by atoms with E-state index in [9.17, 15) is 22.8 Å². The minimum Gasteiger partial charge on any atom is -0.325 e. The molecule has 1 atom stereocenters. The van der Waals surface area contributed by atoms with Crippen molar-refractivity contribution in [3.8, 4) is 0 Å². The van der Waals surface area contributed by atoms with Crippen molar-refractivity contribution in [3.63, 3.8) is 0 Å². The number of H-pyrrole nitrogens is 1. The summed E-state index contributed by atoms with van der Waals surface area (Å²) in [6.07, 6.45) is -4.43. The second-order valence-corrected chi connectivity index (χ2v) is 8.11. The number of nitrogens with one attached hydrogen (secondary N) is 2. The molecule has 1 unspecified atom stereocenters. The molecule has 1 aromatic carbocycles. The third-order valence-electron chi connectivity index (χ3n) is 3.36. The van der Waals surface area contributed by atoms with Crippen LogP contribution in [-0.2, 0) is 16.7 Å². The van der Waals surface area contributed by atoms with Crippen molar-refractivity contribution in [2.75, 3.05) is 11.1 Å². The molecule has 27 heavy (non-hydrogen) atoms. The SMILES string of the molecule is CCSCc1cc(=O)[nH]c(SC(C)C(=O)Nc2ccc(C(F)(F)F)cc2)n1. The molecule has 0 saturated carbocycles. The Morgan fingerprint density at radius 2 is 1.96 bits per heavy atom. The predicted molar refractivity (Wildman–Crippen MR) is 102 cm³/mol. The standard InChI is InChI=1S/C17H18F3N3O2S2/c1-3-26-9-13-8-14(24)23-16(22-13)27-10(2)15(25)21-12-6-4-11(5-7-12)17(18,19)20/h4-8,10H,3,9H2,1-2H3,(H,21,25)(H,22,23,24). The van der Waals surface area contributed by atoms with Crippen molar-refractivity contribution in [2.45, 2.75) is 36.2 Å². The molecule has 2 N–H and O–H groups in total. The molecule has 146 valence electrons. The predicted octanol–water partition coefficient (Wildman–Crippen LogP) is 4.16. The number of hydrogen-bond donors (Lipinski definition) is 2. The molecule has 1 aromatic heterocycles. The molecule has 0 fully saturated rings. The molecule has 1 heterocycles. The van der Waals surface area contributed by atoms with Gasteiger partial charge in [0, 0.05) is 17.5 Å². The molecule has 10 heteroatoms. The first-order chi connectivity index (χ1) is 12.7. The summed E-state index contributed by atoms with van der Waals surface area (Å²) in [5, 5.41) is 2.27. The summed E-state index contributed by atoms with van der Waals surface area (Å²) in [6, 6.07) is 5.62. The zero-order valence-electron chi connectivity index (χ0n) is 14.6. The Morgan fingerprint density at radius 1 is 1.30 bits per heavy atom. The van der Waals surface area contributed by atoms with E-state index in [0.29, 0.717) is 16.6 Å². The van der Waals surface area contributed by atoms with E-state index in [4.69, 9.17) is 0 Å². The molecule has 2 rings (SSSR count). The lowest BCUT2D eigenvalue weighted by atomic mass is 10.2. The first-order valence-electron chi connectivity index (χ1n) is 8.01. The molecule has 0 aliphatic carbocycles. The number of hydrogen-bond acceptors (Lipinski definition) is 5. The summed E-state index contributed by atoms with van der Waals surface area (Å²) >= 11 is 2.70. The Kier molecular flexibility index (Phi) is 7.37. The number of aromatic amines is 1. The van der Waals surface area contributed by atoms with Gasteiger partial charge in [0.15, 0.2) is 5.16 Å². The second kappa shape index (κ2) is 9.32. The van der Waals surface area contributed by atoms with Crippen LogP contribution < -0.4 is 10.9 Å². The van der Waals surface area contributed by atoms with E-state index in [-0.39, 0.29) is 11.2 Å². The minimum atomic E-state index is -4.43. The van der Waals surface area contributed by atoms with Gasteiger partial charge in [-0.2, -0.15) is 24.9 Å². The highest BCUT2D eigenvalue weighted by molar-refractivity contribution is 8.00. The highest BCUT2D eigenvalue weighted by Crippen LogP contribution is 2.30. The zero-order chi connectivity index (χ0) is 20.0. The number of nitrogens with zero attached hydrogens (tertiary/aromatic N) is 1. The van der Waals surface area contributed by atoms with Gasteiger partial charge in [0.25, 0.3) is 5.56 Å². The average Bonchev–Trinajstić information content (AvgIpc) is 2.59. The summed E-state index contributed by atoms with van der Waals surface area (Å²) in [7, 11) is 0. The number of rotatable bonds is 7. The zero-order valence-corrected chi connectivity index (χ0v) is 16.2. The highest BCUT2D eigenvalue weighted by atomic mass is 32.2. The van der Waals surface area contributed by atoms with Crippen molar-refractivity contribution in [2.24, 2.45) is 0 Å². The number of anilines is 1. The number of alkyl halides is 3. The van der Waals surface area contributed by atoms with Crippen LogP contribution in [0.5, 0.6) is 0 Å². The van der Waals surface area contributed by atoms with Crippen LogP contribution in [0.1, 0.15) is 25.1 Å². The Labute approximate surface area is 162 Å². The molecular formula is C17H18F3N3O2S2. The van der Waals surface area contributed by atoms with E-state index in [1.807, 2.05) is 6.92 Å². The molecule has 0 spiro atoms. The Balaban J connectivity index is 2.01. The summed E-state index contributed by atoms with van der Waals surface area (Å²) in [5.74, 6) is 1.08. The van der Waals surface area contributed by atoms with Crippen LogP contribution in [-0.4, -0.2) is 26.9 Å². The molecule has 5 nitrogen and oxygen atoms in total. The number of aromatic nitrogens is 2. The third kappa shape index (κ3) is 6.62. The maximum Gasteiger partial charge on any atom is 0.416 e. The molecule has 0 aliphatic heterocycles. The van der Waals surface area contributed by atoms with Gasteiger partial charge in [-0.15, -0.1) is 0 Å². The first kappa shape index (κ1) is 21.4. The van der Waals surface area contributed by atoms with Crippen molar-refractivity contribution >= 4 is 35.1 Å². The van der Waals surface area contributed by atoms with Crippen LogP contribution in [0, 0.1) is 0 Å². The molecule has 0 saturated heterocycles. The second-order valence-electron chi connectivity index (χ2n) is 5.50. The monoisotopic (exact) mass is 417 g/mol.